The van der Waals surface area contributed by atoms with E-state index in [9.17, 15) is 13.2 Å². The number of sulfonamides is 1. The Kier molecular flexibility index (Phi) is 5.56. The van der Waals surface area contributed by atoms with Gasteiger partial charge >= 0.3 is 5.97 Å². The lowest BCUT2D eigenvalue weighted by Gasteiger charge is -2.20. The van der Waals surface area contributed by atoms with Gasteiger partial charge in [0, 0.05) is 13.5 Å². The number of hydrogen-bond acceptors (Lipinski definition) is 4. The first-order valence-electron chi connectivity index (χ1n) is 6.38. The van der Waals surface area contributed by atoms with Crippen LogP contribution in [0.2, 0.25) is 0 Å². The standard InChI is InChI=1S/C14H21NO4S/c1-11-8-12(2)10-13(9-11)15(3)20(17,18)7-5-6-14(16)19-4/h8-10H,5-7H2,1-4H3. The molecule has 1 rings (SSSR count). The van der Waals surface area contributed by atoms with Crippen LogP contribution in [-0.2, 0) is 19.6 Å². The monoisotopic (exact) mass is 299 g/mol. The van der Waals surface area contributed by atoms with E-state index >= 15 is 0 Å². The Hall–Kier alpha value is -1.56. The molecular weight excluding hydrogens is 278 g/mol. The molecule has 1 aromatic carbocycles. The molecule has 0 atom stereocenters. The van der Waals surface area contributed by atoms with Crippen molar-refractivity contribution >= 4 is 21.7 Å². The fraction of sp³-hybridized carbons (Fsp3) is 0.500. The molecule has 6 heteroatoms. The Balaban J connectivity index is 2.78. The van der Waals surface area contributed by atoms with Crippen molar-refractivity contribution < 1.29 is 17.9 Å². The third kappa shape index (κ3) is 4.52. The highest BCUT2D eigenvalue weighted by molar-refractivity contribution is 7.92. The van der Waals surface area contributed by atoms with Crippen LogP contribution in [-0.4, -0.2) is 34.3 Å². The van der Waals surface area contributed by atoms with Gasteiger partial charge in [-0.3, -0.25) is 9.10 Å². The van der Waals surface area contributed by atoms with Gasteiger partial charge in [-0.2, -0.15) is 0 Å². The molecule has 112 valence electrons. The first-order valence-corrected chi connectivity index (χ1v) is 7.99. The fourth-order valence-electron chi connectivity index (χ4n) is 1.93. The topological polar surface area (TPSA) is 63.7 Å². The summed E-state index contributed by atoms with van der Waals surface area (Å²) in [6.45, 7) is 3.85. The summed E-state index contributed by atoms with van der Waals surface area (Å²) >= 11 is 0. The Morgan fingerprint density at radius 2 is 1.75 bits per heavy atom. The third-order valence-electron chi connectivity index (χ3n) is 3.00. The minimum atomic E-state index is -3.43. The molecule has 0 aromatic heterocycles. The molecule has 0 N–H and O–H groups in total. The van der Waals surface area contributed by atoms with Crippen molar-refractivity contribution in [2.24, 2.45) is 0 Å². The molecular formula is C14H21NO4S. The molecule has 0 unspecified atom stereocenters. The molecule has 0 aliphatic heterocycles. The van der Waals surface area contributed by atoms with E-state index in [0.29, 0.717) is 5.69 Å². The fourth-order valence-corrected chi connectivity index (χ4v) is 3.14. The second kappa shape index (κ2) is 6.74. The smallest absolute Gasteiger partial charge is 0.305 e. The zero-order valence-corrected chi connectivity index (χ0v) is 13.2. The SMILES string of the molecule is COC(=O)CCCS(=O)(=O)N(C)c1cc(C)cc(C)c1. The van der Waals surface area contributed by atoms with Gasteiger partial charge in [-0.25, -0.2) is 8.42 Å². The summed E-state index contributed by atoms with van der Waals surface area (Å²) < 4.78 is 30.2. The maximum absolute atomic E-state index is 12.2. The summed E-state index contributed by atoms with van der Waals surface area (Å²) in [5.74, 6) is -0.472. The van der Waals surface area contributed by atoms with Gasteiger partial charge in [0.15, 0.2) is 0 Å². The summed E-state index contributed by atoms with van der Waals surface area (Å²) in [4.78, 5) is 11.0. The molecule has 0 aliphatic rings. The molecule has 0 heterocycles. The van der Waals surface area contributed by atoms with E-state index < -0.39 is 16.0 Å². The molecule has 1 aromatic rings. The van der Waals surface area contributed by atoms with Crippen molar-refractivity contribution in [2.45, 2.75) is 26.7 Å². The largest absolute Gasteiger partial charge is 0.469 e. The van der Waals surface area contributed by atoms with Crippen LogP contribution in [0.25, 0.3) is 0 Å². The molecule has 20 heavy (non-hydrogen) atoms. The van der Waals surface area contributed by atoms with Crippen LogP contribution in [0.1, 0.15) is 24.0 Å². The summed E-state index contributed by atoms with van der Waals surface area (Å²) in [5.41, 5.74) is 2.66. The van der Waals surface area contributed by atoms with Crippen LogP contribution in [0.4, 0.5) is 5.69 Å². The number of anilines is 1. The molecule has 0 amide bonds. The highest BCUT2D eigenvalue weighted by atomic mass is 32.2. The first-order chi connectivity index (χ1) is 9.26. The Labute approximate surface area is 120 Å². The van der Waals surface area contributed by atoms with Crippen molar-refractivity contribution in [1.82, 2.24) is 0 Å². The highest BCUT2D eigenvalue weighted by Gasteiger charge is 2.19. The average Bonchev–Trinajstić information content (AvgIpc) is 2.36. The van der Waals surface area contributed by atoms with Crippen LogP contribution in [0, 0.1) is 13.8 Å². The van der Waals surface area contributed by atoms with E-state index in [4.69, 9.17) is 0 Å². The highest BCUT2D eigenvalue weighted by Crippen LogP contribution is 2.20. The molecule has 0 bridgehead atoms. The van der Waals surface area contributed by atoms with Crippen LogP contribution in [0.5, 0.6) is 0 Å². The van der Waals surface area contributed by atoms with Crippen LogP contribution in [0.3, 0.4) is 0 Å². The number of rotatable bonds is 6. The Morgan fingerprint density at radius 1 is 1.20 bits per heavy atom. The van der Waals surface area contributed by atoms with E-state index in [2.05, 4.69) is 4.74 Å². The van der Waals surface area contributed by atoms with E-state index in [1.54, 1.807) is 0 Å². The molecule has 5 nitrogen and oxygen atoms in total. The number of carbonyl (C=O) groups is 1. The quantitative estimate of drug-likeness (QED) is 0.754. The number of benzene rings is 1. The van der Waals surface area contributed by atoms with Crippen LogP contribution in [0.15, 0.2) is 18.2 Å². The molecule has 0 saturated carbocycles. The maximum Gasteiger partial charge on any atom is 0.305 e. The van der Waals surface area contributed by atoms with Crippen molar-refractivity contribution in [1.29, 1.82) is 0 Å². The second-order valence-corrected chi connectivity index (χ2v) is 6.93. The van der Waals surface area contributed by atoms with Crippen molar-refractivity contribution in [3.63, 3.8) is 0 Å². The molecule has 0 spiro atoms. The lowest BCUT2D eigenvalue weighted by Crippen LogP contribution is -2.29. The number of ether oxygens (including phenoxy) is 1. The lowest BCUT2D eigenvalue weighted by atomic mass is 10.1. The van der Waals surface area contributed by atoms with E-state index in [0.717, 1.165) is 11.1 Å². The number of methoxy groups -OCH3 is 1. The minimum absolute atomic E-state index is 0.0778. The van der Waals surface area contributed by atoms with Crippen molar-refractivity contribution in [3.8, 4) is 0 Å². The number of nitrogens with zero attached hydrogens (tertiary/aromatic N) is 1. The zero-order chi connectivity index (χ0) is 15.3. The summed E-state index contributed by atoms with van der Waals surface area (Å²) in [7, 11) is -0.606. The molecule has 0 aliphatic carbocycles. The van der Waals surface area contributed by atoms with Gasteiger partial charge in [0.1, 0.15) is 0 Å². The lowest BCUT2D eigenvalue weighted by molar-refractivity contribution is -0.140. The van der Waals surface area contributed by atoms with E-state index in [1.165, 1.54) is 18.5 Å². The summed E-state index contributed by atoms with van der Waals surface area (Å²) in [6, 6.07) is 5.64. The van der Waals surface area contributed by atoms with Gasteiger partial charge in [0.05, 0.1) is 18.6 Å². The van der Waals surface area contributed by atoms with Crippen LogP contribution >= 0.6 is 0 Å². The minimum Gasteiger partial charge on any atom is -0.469 e. The van der Waals surface area contributed by atoms with Gasteiger partial charge in [-0.15, -0.1) is 0 Å². The predicted molar refractivity (Wildman–Crippen MR) is 79.4 cm³/mol. The number of hydrogen-bond donors (Lipinski definition) is 0. The third-order valence-corrected chi connectivity index (χ3v) is 4.85. The van der Waals surface area contributed by atoms with Gasteiger partial charge < -0.3 is 4.74 Å². The molecule has 0 saturated heterocycles. The summed E-state index contributed by atoms with van der Waals surface area (Å²) in [5, 5.41) is 0. The van der Waals surface area contributed by atoms with Gasteiger partial charge in [0.2, 0.25) is 10.0 Å². The van der Waals surface area contributed by atoms with Gasteiger partial charge in [0.25, 0.3) is 0 Å². The molecule has 0 fully saturated rings. The Morgan fingerprint density at radius 3 is 2.25 bits per heavy atom. The van der Waals surface area contributed by atoms with E-state index in [-0.39, 0.29) is 18.6 Å². The molecule has 0 radical (unpaired) electrons. The first kappa shape index (κ1) is 16.5. The summed E-state index contributed by atoms with van der Waals surface area (Å²) in [6.07, 6.45) is 0.362. The predicted octanol–water partition coefficient (Wildman–Crippen LogP) is 2.02. The zero-order valence-electron chi connectivity index (χ0n) is 12.3. The number of esters is 1. The van der Waals surface area contributed by atoms with Crippen LogP contribution < -0.4 is 4.31 Å². The van der Waals surface area contributed by atoms with Crippen molar-refractivity contribution in [3.05, 3.63) is 29.3 Å². The van der Waals surface area contributed by atoms with E-state index in [1.807, 2.05) is 32.0 Å². The average molecular weight is 299 g/mol. The number of aryl methyl sites for hydroxylation is 2. The van der Waals surface area contributed by atoms with Crippen molar-refractivity contribution in [2.75, 3.05) is 24.2 Å². The second-order valence-electron chi connectivity index (χ2n) is 4.81. The number of carbonyl (C=O) groups excluding carboxylic acids is 1. The Bertz CT molecular complexity index is 561. The van der Waals surface area contributed by atoms with Gasteiger partial charge in [-0.05, 0) is 43.5 Å². The maximum atomic E-state index is 12.2. The normalized spacial score (nSPS) is 11.2. The van der Waals surface area contributed by atoms with Gasteiger partial charge in [-0.1, -0.05) is 6.07 Å².